The zero-order chi connectivity index (χ0) is 13.8. The Hall–Kier alpha value is -1.34. The first-order valence-corrected chi connectivity index (χ1v) is 5.96. The van der Waals surface area contributed by atoms with Crippen molar-refractivity contribution in [2.75, 3.05) is 20.1 Å². The third-order valence-corrected chi connectivity index (χ3v) is 3.14. The summed E-state index contributed by atoms with van der Waals surface area (Å²) in [6.07, 6.45) is 1.62. The SMILES string of the molecule is CN(CC1(O)CCCC1)C(=O)NC[C@H](O)C(=O)O. The Morgan fingerprint density at radius 1 is 1.39 bits per heavy atom. The summed E-state index contributed by atoms with van der Waals surface area (Å²) in [6.45, 7) is -0.140. The second-order valence-corrected chi connectivity index (χ2v) is 4.83. The fourth-order valence-electron chi connectivity index (χ4n) is 2.11. The number of carboxylic acid groups (broad SMARTS) is 1. The molecule has 0 aromatic heterocycles. The summed E-state index contributed by atoms with van der Waals surface area (Å²) in [5, 5.41) is 29.9. The van der Waals surface area contributed by atoms with Crippen LogP contribution in [0, 0.1) is 0 Å². The van der Waals surface area contributed by atoms with Crippen molar-refractivity contribution in [1.82, 2.24) is 10.2 Å². The second-order valence-electron chi connectivity index (χ2n) is 4.83. The lowest BCUT2D eigenvalue weighted by atomic mass is 10.0. The number of urea groups is 1. The second kappa shape index (κ2) is 6.01. The van der Waals surface area contributed by atoms with Crippen molar-refractivity contribution < 1.29 is 24.9 Å². The number of nitrogens with zero attached hydrogens (tertiary/aromatic N) is 1. The lowest BCUT2D eigenvalue weighted by molar-refractivity contribution is -0.146. The molecule has 0 unspecified atom stereocenters. The molecule has 0 spiro atoms. The lowest BCUT2D eigenvalue weighted by Crippen LogP contribution is -2.48. The largest absolute Gasteiger partial charge is 0.479 e. The van der Waals surface area contributed by atoms with Gasteiger partial charge in [-0.2, -0.15) is 0 Å². The Balaban J connectivity index is 2.35. The maximum Gasteiger partial charge on any atom is 0.334 e. The summed E-state index contributed by atoms with van der Waals surface area (Å²) in [4.78, 5) is 23.3. The van der Waals surface area contributed by atoms with E-state index in [4.69, 9.17) is 10.2 Å². The number of hydrogen-bond acceptors (Lipinski definition) is 4. The Kier molecular flexibility index (Phi) is 4.92. The van der Waals surface area contributed by atoms with Gasteiger partial charge in [-0.25, -0.2) is 9.59 Å². The van der Waals surface area contributed by atoms with Crippen LogP contribution >= 0.6 is 0 Å². The maximum atomic E-state index is 11.6. The molecule has 0 heterocycles. The topological polar surface area (TPSA) is 110 Å². The van der Waals surface area contributed by atoms with Crippen LogP contribution in [0.1, 0.15) is 25.7 Å². The summed E-state index contributed by atoms with van der Waals surface area (Å²) < 4.78 is 0. The summed E-state index contributed by atoms with van der Waals surface area (Å²) in [6, 6.07) is -0.504. The van der Waals surface area contributed by atoms with Gasteiger partial charge < -0.3 is 25.5 Å². The molecule has 0 bridgehead atoms. The van der Waals surface area contributed by atoms with E-state index in [-0.39, 0.29) is 13.1 Å². The molecule has 0 aromatic carbocycles. The molecule has 1 fully saturated rings. The van der Waals surface area contributed by atoms with Gasteiger partial charge in [0.05, 0.1) is 18.7 Å². The molecule has 1 aliphatic rings. The van der Waals surface area contributed by atoms with Crippen molar-refractivity contribution in [3.05, 3.63) is 0 Å². The van der Waals surface area contributed by atoms with Crippen molar-refractivity contribution in [2.24, 2.45) is 0 Å². The Labute approximate surface area is 105 Å². The van der Waals surface area contributed by atoms with Crippen LogP contribution in [0.15, 0.2) is 0 Å². The molecular weight excluding hydrogens is 240 g/mol. The predicted molar refractivity (Wildman–Crippen MR) is 63.1 cm³/mol. The zero-order valence-corrected chi connectivity index (χ0v) is 10.4. The van der Waals surface area contributed by atoms with E-state index in [1.165, 1.54) is 11.9 Å². The van der Waals surface area contributed by atoms with Gasteiger partial charge in [0.25, 0.3) is 0 Å². The maximum absolute atomic E-state index is 11.6. The number of hydrogen-bond donors (Lipinski definition) is 4. The van der Waals surface area contributed by atoms with Gasteiger partial charge in [0.15, 0.2) is 6.10 Å². The van der Waals surface area contributed by atoms with Crippen molar-refractivity contribution in [3.8, 4) is 0 Å². The van der Waals surface area contributed by atoms with E-state index < -0.39 is 23.7 Å². The minimum Gasteiger partial charge on any atom is -0.479 e. The number of amides is 2. The lowest BCUT2D eigenvalue weighted by Gasteiger charge is -2.28. The Morgan fingerprint density at radius 3 is 2.44 bits per heavy atom. The molecule has 2 amide bonds. The number of carboxylic acids is 1. The highest BCUT2D eigenvalue weighted by molar-refractivity contribution is 5.76. The van der Waals surface area contributed by atoms with Gasteiger partial charge >= 0.3 is 12.0 Å². The van der Waals surface area contributed by atoms with Gasteiger partial charge in [0.2, 0.25) is 0 Å². The molecule has 0 saturated heterocycles. The minimum atomic E-state index is -1.61. The van der Waals surface area contributed by atoms with Gasteiger partial charge in [0, 0.05) is 7.05 Å². The Morgan fingerprint density at radius 2 is 1.94 bits per heavy atom. The van der Waals surface area contributed by atoms with Gasteiger partial charge in [-0.05, 0) is 12.8 Å². The van der Waals surface area contributed by atoms with Crippen molar-refractivity contribution in [2.45, 2.75) is 37.4 Å². The van der Waals surface area contributed by atoms with Crippen molar-refractivity contribution in [1.29, 1.82) is 0 Å². The molecular formula is C11H20N2O5. The monoisotopic (exact) mass is 260 g/mol. The Bertz CT molecular complexity index is 315. The summed E-state index contributed by atoms with van der Waals surface area (Å²) >= 11 is 0. The third-order valence-electron chi connectivity index (χ3n) is 3.14. The minimum absolute atomic E-state index is 0.210. The highest BCUT2D eigenvalue weighted by atomic mass is 16.4. The smallest absolute Gasteiger partial charge is 0.334 e. The summed E-state index contributed by atoms with van der Waals surface area (Å²) in [5.74, 6) is -1.38. The molecule has 1 saturated carbocycles. The van der Waals surface area contributed by atoms with Gasteiger partial charge in [-0.15, -0.1) is 0 Å². The first-order valence-electron chi connectivity index (χ1n) is 5.96. The normalized spacial score (nSPS) is 19.3. The van der Waals surface area contributed by atoms with Gasteiger partial charge in [-0.1, -0.05) is 12.8 Å². The number of carbonyl (C=O) groups is 2. The quantitative estimate of drug-likeness (QED) is 0.526. The highest BCUT2D eigenvalue weighted by Crippen LogP contribution is 2.29. The molecule has 0 aliphatic heterocycles. The van der Waals surface area contributed by atoms with E-state index in [0.717, 1.165) is 12.8 Å². The number of rotatable bonds is 5. The molecule has 18 heavy (non-hydrogen) atoms. The molecule has 1 rings (SSSR count). The van der Waals surface area contributed by atoms with Gasteiger partial charge in [-0.3, -0.25) is 0 Å². The summed E-state index contributed by atoms with van der Waals surface area (Å²) in [5.41, 5.74) is -0.836. The predicted octanol–water partition coefficient (Wildman–Crippen LogP) is -0.622. The van der Waals surface area contributed by atoms with Gasteiger partial charge in [0.1, 0.15) is 0 Å². The van der Waals surface area contributed by atoms with Crippen molar-refractivity contribution in [3.63, 3.8) is 0 Å². The van der Waals surface area contributed by atoms with Crippen molar-refractivity contribution >= 4 is 12.0 Å². The number of likely N-dealkylation sites (N-methyl/N-ethyl adjacent to an activating group) is 1. The summed E-state index contributed by atoms with van der Waals surface area (Å²) in [7, 11) is 1.53. The highest BCUT2D eigenvalue weighted by Gasteiger charge is 2.33. The molecule has 0 aromatic rings. The van der Waals surface area contributed by atoms with E-state index in [0.29, 0.717) is 12.8 Å². The third kappa shape index (κ3) is 4.15. The number of aliphatic hydroxyl groups is 2. The van der Waals surface area contributed by atoms with Crippen LogP contribution in [0.5, 0.6) is 0 Å². The fourth-order valence-corrected chi connectivity index (χ4v) is 2.11. The molecule has 1 aliphatic carbocycles. The average Bonchev–Trinajstić information content (AvgIpc) is 2.71. The number of aliphatic hydroxyl groups excluding tert-OH is 1. The molecule has 1 atom stereocenters. The molecule has 104 valence electrons. The van der Waals surface area contributed by atoms with Crippen LogP contribution in [0.3, 0.4) is 0 Å². The number of carbonyl (C=O) groups excluding carboxylic acids is 1. The average molecular weight is 260 g/mol. The van der Waals surface area contributed by atoms with E-state index in [9.17, 15) is 14.7 Å². The van der Waals surface area contributed by atoms with Crippen LogP contribution in [-0.2, 0) is 4.79 Å². The van der Waals surface area contributed by atoms with E-state index in [1.807, 2.05) is 0 Å². The first-order chi connectivity index (χ1) is 8.34. The van der Waals surface area contributed by atoms with Crippen LogP contribution in [0.4, 0.5) is 4.79 Å². The van der Waals surface area contributed by atoms with E-state index >= 15 is 0 Å². The first kappa shape index (κ1) is 14.7. The van der Waals surface area contributed by atoms with Crippen LogP contribution in [-0.4, -0.2) is 64.1 Å². The fraction of sp³-hybridized carbons (Fsp3) is 0.818. The van der Waals surface area contributed by atoms with Crippen LogP contribution < -0.4 is 5.32 Å². The van der Waals surface area contributed by atoms with Crippen LogP contribution in [0.25, 0.3) is 0 Å². The molecule has 0 radical (unpaired) electrons. The van der Waals surface area contributed by atoms with Crippen LogP contribution in [0.2, 0.25) is 0 Å². The van der Waals surface area contributed by atoms with E-state index in [1.54, 1.807) is 0 Å². The molecule has 7 heteroatoms. The van der Waals surface area contributed by atoms with E-state index in [2.05, 4.69) is 5.32 Å². The standard InChI is InChI=1S/C11H20N2O5/c1-13(7-11(18)4-2-3-5-11)10(17)12-6-8(14)9(15)16/h8,14,18H,2-7H2,1H3,(H,12,17)(H,15,16)/t8-/m0/s1. The molecule has 4 N–H and O–H groups in total. The molecule has 7 nitrogen and oxygen atoms in total. The number of aliphatic carboxylic acids is 1. The zero-order valence-electron chi connectivity index (χ0n) is 10.4. The number of nitrogens with one attached hydrogen (secondary N) is 1.